The average Bonchev–Trinajstić information content (AvgIpc) is 3.11. The summed E-state index contributed by atoms with van der Waals surface area (Å²) in [5.41, 5.74) is 5.26. The van der Waals surface area contributed by atoms with Crippen LogP contribution in [0.1, 0.15) is 41.3 Å². The van der Waals surface area contributed by atoms with E-state index in [2.05, 4.69) is 27.7 Å². The van der Waals surface area contributed by atoms with E-state index in [4.69, 9.17) is 4.74 Å². The van der Waals surface area contributed by atoms with Gasteiger partial charge in [-0.3, -0.25) is 9.48 Å². The highest BCUT2D eigenvalue weighted by molar-refractivity contribution is 14.1. The minimum Gasteiger partial charge on any atom is -0.489 e. The molecule has 192 valence electrons. The van der Waals surface area contributed by atoms with E-state index in [0.29, 0.717) is 16.9 Å². The molecule has 2 aromatic carbocycles. The minimum absolute atomic E-state index is 0.101. The van der Waals surface area contributed by atoms with E-state index in [0.717, 1.165) is 37.2 Å². The van der Waals surface area contributed by atoms with Crippen molar-refractivity contribution in [3.63, 3.8) is 0 Å². The summed E-state index contributed by atoms with van der Waals surface area (Å²) in [4.78, 5) is 24.5. The summed E-state index contributed by atoms with van der Waals surface area (Å²) in [5, 5.41) is 24.7. The van der Waals surface area contributed by atoms with Crippen LogP contribution in [-0.2, 0) is 28.7 Å². The smallest absolute Gasteiger partial charge is 0.331 e. The number of ether oxygens (including phenoxy) is 1. The zero-order valence-corrected chi connectivity index (χ0v) is 23.6. The maximum Gasteiger partial charge on any atom is 0.331 e. The highest BCUT2D eigenvalue weighted by Crippen LogP contribution is 2.41. The highest BCUT2D eigenvalue weighted by Gasteiger charge is 2.43. The molecule has 7 nitrogen and oxygen atoms in total. The molecule has 1 heterocycles. The third-order valence-corrected chi connectivity index (χ3v) is 8.45. The molecule has 0 fully saturated rings. The van der Waals surface area contributed by atoms with Gasteiger partial charge < -0.3 is 14.9 Å². The average molecular weight is 612 g/mol. The summed E-state index contributed by atoms with van der Waals surface area (Å²) in [6.45, 7) is 7.74. The first-order valence-electron chi connectivity index (χ1n) is 11.8. The van der Waals surface area contributed by atoms with Gasteiger partial charge in [-0.05, 0) is 96.3 Å². The number of nitrogens with zero attached hydrogens (tertiary/aromatic N) is 2. The SMILES string of the molecule is CC1=C(C(=O)O)CC(C(=O)O)(c2cccc(C)c2COc2ccc(-c3nn(C)c(C)c3I)cc2C)C=C1. The molecule has 0 saturated heterocycles. The van der Waals surface area contributed by atoms with E-state index >= 15 is 0 Å². The molecule has 1 atom stereocenters. The second-order valence-electron chi connectivity index (χ2n) is 9.49. The second kappa shape index (κ2) is 10.2. The number of allylic oxidation sites excluding steroid dienone is 2. The molecule has 37 heavy (non-hydrogen) atoms. The molecule has 3 aromatic rings. The van der Waals surface area contributed by atoms with E-state index in [1.807, 2.05) is 56.8 Å². The molecule has 1 aliphatic carbocycles. The van der Waals surface area contributed by atoms with Gasteiger partial charge in [-0.1, -0.05) is 30.4 Å². The van der Waals surface area contributed by atoms with E-state index in [1.54, 1.807) is 31.2 Å². The summed E-state index contributed by atoms with van der Waals surface area (Å²) in [6, 6.07) is 11.4. The monoisotopic (exact) mass is 612 g/mol. The van der Waals surface area contributed by atoms with E-state index in [-0.39, 0.29) is 18.6 Å². The number of rotatable bonds is 7. The minimum atomic E-state index is -1.50. The topological polar surface area (TPSA) is 102 Å². The highest BCUT2D eigenvalue weighted by atomic mass is 127. The van der Waals surface area contributed by atoms with Crippen molar-refractivity contribution < 1.29 is 24.5 Å². The molecule has 0 bridgehead atoms. The Balaban J connectivity index is 1.68. The van der Waals surface area contributed by atoms with Crippen molar-refractivity contribution in [2.75, 3.05) is 0 Å². The van der Waals surface area contributed by atoms with Crippen LogP contribution in [0.3, 0.4) is 0 Å². The molecule has 2 N–H and O–H groups in total. The zero-order chi connectivity index (χ0) is 27.1. The summed E-state index contributed by atoms with van der Waals surface area (Å²) in [7, 11) is 1.92. The normalized spacial score (nSPS) is 17.2. The van der Waals surface area contributed by atoms with E-state index < -0.39 is 17.4 Å². The van der Waals surface area contributed by atoms with Crippen molar-refractivity contribution in [2.45, 2.75) is 46.1 Å². The van der Waals surface area contributed by atoms with E-state index in [1.165, 1.54) is 0 Å². The van der Waals surface area contributed by atoms with Crippen LogP contribution in [0.2, 0.25) is 0 Å². The molecule has 0 saturated carbocycles. The molecule has 4 rings (SSSR count). The van der Waals surface area contributed by atoms with Crippen LogP contribution in [0.15, 0.2) is 59.7 Å². The first-order valence-corrected chi connectivity index (χ1v) is 12.9. The van der Waals surface area contributed by atoms with Gasteiger partial charge in [-0.2, -0.15) is 5.10 Å². The number of carboxylic acids is 2. The second-order valence-corrected chi connectivity index (χ2v) is 10.6. The Labute approximate surface area is 229 Å². The molecule has 1 unspecified atom stereocenters. The molecule has 1 aromatic heterocycles. The Bertz CT molecular complexity index is 1480. The summed E-state index contributed by atoms with van der Waals surface area (Å²) in [5.74, 6) is -1.51. The standard InChI is InChI=1S/C29H29IN2O5/c1-16-7-6-8-23(29(28(35)36)12-11-17(2)21(14-29)27(33)34)22(16)15-37-24-10-9-20(13-18(24)3)26-25(30)19(4)32(5)31-26/h6-13H,14-15H2,1-5H3,(H,33,34)(H,35,36). The molecule has 0 aliphatic heterocycles. The number of aryl methyl sites for hydroxylation is 3. The van der Waals surface area contributed by atoms with Crippen molar-refractivity contribution in [1.82, 2.24) is 9.78 Å². The molecule has 0 spiro atoms. The van der Waals surface area contributed by atoms with Gasteiger partial charge in [0.2, 0.25) is 0 Å². The van der Waals surface area contributed by atoms with Crippen molar-refractivity contribution in [1.29, 1.82) is 0 Å². The predicted molar refractivity (Wildman–Crippen MR) is 150 cm³/mol. The number of hydrogen-bond donors (Lipinski definition) is 2. The van der Waals surface area contributed by atoms with Gasteiger partial charge in [-0.15, -0.1) is 0 Å². The maximum absolute atomic E-state index is 12.7. The third kappa shape index (κ3) is 4.82. The largest absolute Gasteiger partial charge is 0.489 e. The quantitative estimate of drug-likeness (QED) is 0.324. The van der Waals surface area contributed by atoms with Crippen molar-refractivity contribution in [2.24, 2.45) is 7.05 Å². The molecule has 8 heteroatoms. The molecule has 1 aliphatic rings. The van der Waals surface area contributed by atoms with Crippen LogP contribution in [-0.4, -0.2) is 31.9 Å². The Morgan fingerprint density at radius 2 is 1.84 bits per heavy atom. The van der Waals surface area contributed by atoms with Crippen molar-refractivity contribution in [3.05, 3.63) is 91.2 Å². The Hall–Kier alpha value is -3.40. The van der Waals surface area contributed by atoms with Gasteiger partial charge in [0.1, 0.15) is 23.5 Å². The van der Waals surface area contributed by atoms with Crippen molar-refractivity contribution in [3.8, 4) is 17.0 Å². The molecular weight excluding hydrogens is 583 g/mol. The fourth-order valence-corrected chi connectivity index (χ4v) is 5.49. The predicted octanol–water partition coefficient (Wildman–Crippen LogP) is 5.88. The number of carbonyl (C=O) groups is 2. The van der Waals surface area contributed by atoms with Gasteiger partial charge >= 0.3 is 11.9 Å². The number of benzene rings is 2. The lowest BCUT2D eigenvalue weighted by atomic mass is 9.69. The van der Waals surface area contributed by atoms with Crippen LogP contribution >= 0.6 is 22.6 Å². The summed E-state index contributed by atoms with van der Waals surface area (Å²) >= 11 is 2.31. The van der Waals surface area contributed by atoms with Gasteiger partial charge in [-0.25, -0.2) is 4.79 Å². The fourth-order valence-electron chi connectivity index (χ4n) is 4.72. The third-order valence-electron chi connectivity index (χ3n) is 7.16. The number of carboxylic acid groups (broad SMARTS) is 2. The number of aromatic nitrogens is 2. The van der Waals surface area contributed by atoms with Crippen molar-refractivity contribution >= 4 is 34.5 Å². The Morgan fingerprint density at radius 1 is 1.11 bits per heavy atom. The Kier molecular flexibility index (Phi) is 7.32. The lowest BCUT2D eigenvalue weighted by Crippen LogP contribution is -2.38. The van der Waals surface area contributed by atoms with Gasteiger partial charge in [0.05, 0.1) is 3.57 Å². The number of halogens is 1. The number of aliphatic carboxylic acids is 2. The first kappa shape index (κ1) is 26.7. The first-order chi connectivity index (χ1) is 17.5. The molecular formula is C29H29IN2O5. The lowest BCUT2D eigenvalue weighted by Gasteiger charge is -2.32. The van der Waals surface area contributed by atoms with Crippen LogP contribution < -0.4 is 4.74 Å². The maximum atomic E-state index is 12.7. The lowest BCUT2D eigenvalue weighted by molar-refractivity contribution is -0.142. The molecule has 0 radical (unpaired) electrons. The zero-order valence-electron chi connectivity index (χ0n) is 21.4. The summed E-state index contributed by atoms with van der Waals surface area (Å²) in [6.07, 6.45) is 3.07. The van der Waals surface area contributed by atoms with Crippen LogP contribution in [0.4, 0.5) is 0 Å². The van der Waals surface area contributed by atoms with Crippen LogP contribution in [0, 0.1) is 24.3 Å². The van der Waals surface area contributed by atoms with Crippen LogP contribution in [0.25, 0.3) is 11.3 Å². The van der Waals surface area contributed by atoms with Gasteiger partial charge in [0, 0.05) is 30.3 Å². The molecule has 0 amide bonds. The fraction of sp³-hybridized carbons (Fsp3) is 0.276. The summed E-state index contributed by atoms with van der Waals surface area (Å²) < 4.78 is 9.19. The van der Waals surface area contributed by atoms with E-state index in [9.17, 15) is 19.8 Å². The number of hydrogen-bond acceptors (Lipinski definition) is 4. The Morgan fingerprint density at radius 3 is 2.43 bits per heavy atom. The van der Waals surface area contributed by atoms with Crippen LogP contribution in [0.5, 0.6) is 5.75 Å². The van der Waals surface area contributed by atoms with Gasteiger partial charge in [0.15, 0.2) is 0 Å². The van der Waals surface area contributed by atoms with Gasteiger partial charge in [0.25, 0.3) is 0 Å².